The SMILES string of the molecule is O=S(=O)(O)Cc1ccccc1NC1=CC(F)=NN(F)N1. The molecule has 0 aliphatic carbocycles. The van der Waals surface area contributed by atoms with E-state index in [1.54, 1.807) is 12.1 Å². The molecule has 0 bridgehead atoms. The van der Waals surface area contributed by atoms with E-state index in [9.17, 15) is 17.3 Å². The molecule has 2 rings (SSSR count). The second-order valence-electron chi connectivity index (χ2n) is 3.86. The van der Waals surface area contributed by atoms with E-state index in [1.807, 2.05) is 0 Å². The van der Waals surface area contributed by atoms with Crippen molar-refractivity contribution in [2.45, 2.75) is 5.75 Å². The summed E-state index contributed by atoms with van der Waals surface area (Å²) < 4.78 is 56.4. The Kier molecular flexibility index (Phi) is 3.86. The second-order valence-corrected chi connectivity index (χ2v) is 5.31. The van der Waals surface area contributed by atoms with Gasteiger partial charge in [0.25, 0.3) is 10.1 Å². The van der Waals surface area contributed by atoms with E-state index >= 15 is 0 Å². The Morgan fingerprint density at radius 3 is 2.75 bits per heavy atom. The van der Waals surface area contributed by atoms with Crippen LogP contribution in [0.5, 0.6) is 0 Å². The molecule has 0 unspecified atom stereocenters. The minimum Gasteiger partial charge on any atom is -0.340 e. The number of nitrogens with zero attached hydrogens (tertiary/aromatic N) is 2. The fraction of sp³-hybridized carbons (Fsp3) is 0.100. The molecule has 3 N–H and O–H groups in total. The molecule has 0 aromatic heterocycles. The number of hydrazone groups is 1. The molecule has 0 radical (unpaired) electrons. The van der Waals surface area contributed by atoms with Crippen LogP contribution in [0.3, 0.4) is 0 Å². The highest BCUT2D eigenvalue weighted by Gasteiger charge is 2.15. The van der Waals surface area contributed by atoms with E-state index in [0.29, 0.717) is 0 Å². The molecule has 20 heavy (non-hydrogen) atoms. The van der Waals surface area contributed by atoms with Crippen molar-refractivity contribution in [1.82, 2.24) is 10.8 Å². The molecule has 0 amide bonds. The van der Waals surface area contributed by atoms with E-state index in [4.69, 9.17) is 4.55 Å². The highest BCUT2D eigenvalue weighted by molar-refractivity contribution is 7.85. The number of para-hydroxylation sites is 1. The quantitative estimate of drug-likeness (QED) is 0.573. The fourth-order valence-electron chi connectivity index (χ4n) is 1.56. The van der Waals surface area contributed by atoms with Crippen molar-refractivity contribution in [3.63, 3.8) is 0 Å². The van der Waals surface area contributed by atoms with Crippen LogP contribution in [0, 0.1) is 0 Å². The summed E-state index contributed by atoms with van der Waals surface area (Å²) in [6.45, 7) is 0. The van der Waals surface area contributed by atoms with Gasteiger partial charge in [0.1, 0.15) is 11.6 Å². The molecule has 1 aromatic rings. The number of allylic oxidation sites excluding steroid dienone is 1. The first-order chi connectivity index (χ1) is 9.33. The third-order valence-electron chi connectivity index (χ3n) is 2.28. The lowest BCUT2D eigenvalue weighted by atomic mass is 10.2. The predicted molar refractivity (Wildman–Crippen MR) is 68.0 cm³/mol. The van der Waals surface area contributed by atoms with E-state index in [2.05, 4.69) is 15.8 Å². The van der Waals surface area contributed by atoms with Gasteiger partial charge in [0.15, 0.2) is 0 Å². The maximum atomic E-state index is 12.9. The lowest BCUT2D eigenvalue weighted by Crippen LogP contribution is -2.33. The Morgan fingerprint density at radius 2 is 2.10 bits per heavy atom. The number of hydrazine groups is 1. The van der Waals surface area contributed by atoms with E-state index < -0.39 is 21.8 Å². The van der Waals surface area contributed by atoms with Crippen LogP contribution in [-0.2, 0) is 15.9 Å². The zero-order chi connectivity index (χ0) is 14.8. The number of anilines is 1. The molecule has 1 aliphatic heterocycles. The molecule has 0 fully saturated rings. The Hall–Kier alpha value is -2.20. The van der Waals surface area contributed by atoms with Crippen LogP contribution in [0.2, 0.25) is 0 Å². The summed E-state index contributed by atoms with van der Waals surface area (Å²) in [5, 5.41) is 5.08. The molecule has 0 spiro atoms. The van der Waals surface area contributed by atoms with Crippen LogP contribution in [0.15, 0.2) is 41.3 Å². The van der Waals surface area contributed by atoms with Gasteiger partial charge in [0, 0.05) is 11.8 Å². The average Bonchev–Trinajstić information content (AvgIpc) is 2.28. The summed E-state index contributed by atoms with van der Waals surface area (Å²) in [4.78, 5) is 0. The molecule has 0 saturated carbocycles. The lowest BCUT2D eigenvalue weighted by molar-refractivity contribution is -0.0198. The first kappa shape index (κ1) is 14.2. The Balaban J connectivity index is 2.24. The monoisotopic (exact) mass is 304 g/mol. The Morgan fingerprint density at radius 1 is 1.40 bits per heavy atom. The highest BCUT2D eigenvalue weighted by atomic mass is 32.2. The molecule has 7 nitrogen and oxygen atoms in total. The maximum absolute atomic E-state index is 12.9. The summed E-state index contributed by atoms with van der Waals surface area (Å²) in [6.07, 6.45) is 0.889. The summed E-state index contributed by atoms with van der Waals surface area (Å²) in [6, 6.07) is 6.11. The van der Waals surface area contributed by atoms with E-state index in [-0.39, 0.29) is 22.4 Å². The number of benzene rings is 1. The summed E-state index contributed by atoms with van der Waals surface area (Å²) in [5.41, 5.74) is 2.57. The third-order valence-corrected chi connectivity index (χ3v) is 2.96. The van der Waals surface area contributed by atoms with Gasteiger partial charge in [-0.1, -0.05) is 27.8 Å². The van der Waals surface area contributed by atoms with E-state index in [0.717, 1.165) is 6.08 Å². The highest BCUT2D eigenvalue weighted by Crippen LogP contribution is 2.19. The number of hydrogen-bond donors (Lipinski definition) is 3. The largest absolute Gasteiger partial charge is 0.340 e. The maximum Gasteiger partial charge on any atom is 0.269 e. The van der Waals surface area contributed by atoms with Crippen molar-refractivity contribution < 1.29 is 21.8 Å². The van der Waals surface area contributed by atoms with Crippen molar-refractivity contribution in [3.8, 4) is 0 Å². The first-order valence-corrected chi connectivity index (χ1v) is 6.93. The van der Waals surface area contributed by atoms with Gasteiger partial charge in [-0.2, -0.15) is 12.8 Å². The van der Waals surface area contributed by atoms with Gasteiger partial charge in [-0.25, -0.2) is 5.43 Å². The van der Waals surface area contributed by atoms with Crippen molar-refractivity contribution in [3.05, 3.63) is 41.7 Å². The van der Waals surface area contributed by atoms with Gasteiger partial charge >= 0.3 is 0 Å². The van der Waals surface area contributed by atoms with Gasteiger partial charge in [0.2, 0.25) is 5.97 Å². The number of halogens is 2. The molecule has 0 atom stereocenters. The van der Waals surface area contributed by atoms with Gasteiger partial charge in [-0.3, -0.25) is 4.55 Å². The van der Waals surface area contributed by atoms with Crippen LogP contribution in [0.4, 0.5) is 14.6 Å². The van der Waals surface area contributed by atoms with Gasteiger partial charge in [-0.05, 0) is 17.0 Å². The van der Waals surface area contributed by atoms with Gasteiger partial charge in [0.05, 0.1) is 0 Å². The third kappa shape index (κ3) is 3.90. The lowest BCUT2D eigenvalue weighted by Gasteiger charge is -2.19. The normalized spacial score (nSPS) is 15.2. The van der Waals surface area contributed by atoms with Crippen molar-refractivity contribution in [1.29, 1.82) is 0 Å². The standard InChI is InChI=1S/C10H10F2N4O3S/c11-9-5-10(15-16(12)14-9)13-8-4-2-1-3-7(8)6-20(17,18)19/h1-5,13,15H,6H2,(H,17,18,19). The zero-order valence-electron chi connectivity index (χ0n) is 9.92. The minimum absolute atomic E-state index is 0.0808. The van der Waals surface area contributed by atoms with Crippen LogP contribution in [-0.4, -0.2) is 24.3 Å². The van der Waals surface area contributed by atoms with Gasteiger partial charge in [-0.15, -0.1) is 0 Å². The summed E-state index contributed by atoms with van der Waals surface area (Å²) >= 11 is 0. The Bertz CT molecular complexity index is 675. The average molecular weight is 304 g/mol. The second kappa shape index (κ2) is 5.43. The smallest absolute Gasteiger partial charge is 0.269 e. The number of hydrogen-bond acceptors (Lipinski definition) is 6. The molecule has 108 valence electrons. The molecule has 1 heterocycles. The van der Waals surface area contributed by atoms with Crippen LogP contribution < -0.4 is 10.7 Å². The van der Waals surface area contributed by atoms with Crippen LogP contribution in [0.1, 0.15) is 5.56 Å². The van der Waals surface area contributed by atoms with Gasteiger partial charge < -0.3 is 5.32 Å². The Labute approximate surface area is 113 Å². The topological polar surface area (TPSA) is 94.0 Å². The molecular weight excluding hydrogens is 294 g/mol. The summed E-state index contributed by atoms with van der Waals surface area (Å²) in [7, 11) is -4.22. The number of nitrogens with one attached hydrogen (secondary N) is 2. The first-order valence-electron chi connectivity index (χ1n) is 5.32. The van der Waals surface area contributed by atoms with Crippen LogP contribution in [0.25, 0.3) is 0 Å². The fourth-order valence-corrected chi connectivity index (χ4v) is 2.21. The van der Waals surface area contributed by atoms with Crippen LogP contribution >= 0.6 is 0 Å². The molecular formula is C10H10F2N4O3S. The zero-order valence-corrected chi connectivity index (χ0v) is 10.7. The molecule has 1 aromatic carbocycles. The molecule has 10 heteroatoms. The van der Waals surface area contributed by atoms with Crippen molar-refractivity contribution in [2.75, 3.05) is 5.32 Å². The van der Waals surface area contributed by atoms with Crippen molar-refractivity contribution in [2.24, 2.45) is 5.10 Å². The molecule has 0 saturated heterocycles. The van der Waals surface area contributed by atoms with E-state index in [1.165, 1.54) is 12.1 Å². The summed E-state index contributed by atoms with van der Waals surface area (Å²) in [5.74, 6) is -1.77. The predicted octanol–water partition coefficient (Wildman–Crippen LogP) is 1.32. The molecule has 1 aliphatic rings. The minimum atomic E-state index is -4.22. The number of rotatable bonds is 4. The van der Waals surface area contributed by atoms with Crippen molar-refractivity contribution >= 4 is 21.8 Å².